The maximum Gasteiger partial charge on any atom is 0.136 e. The fraction of sp³-hybridized carbons (Fsp3) is 0.714. The molecule has 0 saturated heterocycles. The van der Waals surface area contributed by atoms with Gasteiger partial charge in [0.15, 0.2) is 0 Å². The highest BCUT2D eigenvalue weighted by Gasteiger charge is 2.50. The number of fused-ring (bicyclic) bond motifs is 3. The molecule has 2 aliphatic rings. The number of carbonyl (C=O) groups excluding carboxylic acids is 1. The summed E-state index contributed by atoms with van der Waals surface area (Å²) in [6.07, 6.45) is 3.85. The van der Waals surface area contributed by atoms with E-state index in [-0.39, 0.29) is 11.3 Å². The van der Waals surface area contributed by atoms with E-state index in [9.17, 15) is 4.79 Å². The molecule has 0 aliphatic heterocycles. The monoisotopic (exact) mass is 310 g/mol. The van der Waals surface area contributed by atoms with Gasteiger partial charge in [0.25, 0.3) is 0 Å². The lowest BCUT2D eigenvalue weighted by molar-refractivity contribution is -0.128. The molecule has 2 aliphatic carbocycles. The van der Waals surface area contributed by atoms with Crippen LogP contribution in [0.15, 0.2) is 4.60 Å². The fourth-order valence-corrected chi connectivity index (χ4v) is 4.83. The molecule has 1 heterocycles. The SMILES string of the molecule is C[C@@H]1C(=O)CC[C@]2(C)c3c(c(Br)nn3C)CC[C@@H]12. The van der Waals surface area contributed by atoms with Gasteiger partial charge in [-0.15, -0.1) is 0 Å². The van der Waals surface area contributed by atoms with E-state index in [4.69, 9.17) is 0 Å². The summed E-state index contributed by atoms with van der Waals surface area (Å²) >= 11 is 3.57. The standard InChI is InChI=1S/C14H19BrN2O/c1-8-10-5-4-9-12(17(3)16-13(9)15)14(10,2)7-6-11(8)18/h8,10H,4-7H2,1-3H3/t8-,10-,14-/m0/s1. The Bertz CT molecular complexity index is 522. The van der Waals surface area contributed by atoms with Gasteiger partial charge in [-0.25, -0.2) is 0 Å². The Balaban J connectivity index is 2.14. The molecule has 3 rings (SSSR count). The zero-order chi connectivity index (χ0) is 13.1. The first-order valence-corrected chi connectivity index (χ1v) is 7.49. The van der Waals surface area contributed by atoms with Gasteiger partial charge in [0.05, 0.1) is 0 Å². The molecule has 0 aromatic carbocycles. The number of rotatable bonds is 0. The molecule has 0 amide bonds. The normalized spacial score (nSPS) is 35.2. The predicted octanol–water partition coefficient (Wildman–Crippen LogP) is 3.00. The molecule has 18 heavy (non-hydrogen) atoms. The van der Waals surface area contributed by atoms with Crippen LogP contribution in [-0.4, -0.2) is 15.6 Å². The quantitative estimate of drug-likeness (QED) is 0.738. The third kappa shape index (κ3) is 1.47. The van der Waals surface area contributed by atoms with Crippen LogP contribution in [0.2, 0.25) is 0 Å². The van der Waals surface area contributed by atoms with E-state index >= 15 is 0 Å². The number of halogens is 1. The van der Waals surface area contributed by atoms with E-state index in [0.717, 1.165) is 30.3 Å². The van der Waals surface area contributed by atoms with Gasteiger partial charge in [-0.3, -0.25) is 9.48 Å². The molecule has 1 aromatic heterocycles. The molecule has 1 saturated carbocycles. The first-order chi connectivity index (χ1) is 8.45. The Morgan fingerprint density at radius 1 is 1.44 bits per heavy atom. The zero-order valence-corrected chi connectivity index (χ0v) is 12.7. The van der Waals surface area contributed by atoms with Crippen molar-refractivity contribution < 1.29 is 4.79 Å². The van der Waals surface area contributed by atoms with Crippen molar-refractivity contribution in [2.24, 2.45) is 18.9 Å². The van der Waals surface area contributed by atoms with Gasteiger partial charge >= 0.3 is 0 Å². The van der Waals surface area contributed by atoms with Crippen LogP contribution in [0.3, 0.4) is 0 Å². The summed E-state index contributed by atoms with van der Waals surface area (Å²) in [5.41, 5.74) is 2.83. The molecule has 98 valence electrons. The minimum Gasteiger partial charge on any atom is -0.299 e. The van der Waals surface area contributed by atoms with Gasteiger partial charge in [-0.1, -0.05) is 13.8 Å². The minimum atomic E-state index is 0.120. The van der Waals surface area contributed by atoms with Crippen LogP contribution in [0, 0.1) is 11.8 Å². The van der Waals surface area contributed by atoms with E-state index in [1.165, 1.54) is 11.3 Å². The van der Waals surface area contributed by atoms with Crippen LogP contribution in [0.1, 0.15) is 44.4 Å². The molecule has 0 N–H and O–H groups in total. The number of nitrogens with zero attached hydrogens (tertiary/aromatic N) is 2. The van der Waals surface area contributed by atoms with Crippen LogP contribution in [-0.2, 0) is 23.7 Å². The molecular formula is C14H19BrN2O. The van der Waals surface area contributed by atoms with Gasteiger partial charge in [0, 0.05) is 36.1 Å². The second-order valence-electron chi connectivity index (χ2n) is 6.06. The summed E-state index contributed by atoms with van der Waals surface area (Å²) in [5, 5.41) is 4.52. The molecule has 3 nitrogen and oxygen atoms in total. The van der Waals surface area contributed by atoms with E-state index < -0.39 is 0 Å². The van der Waals surface area contributed by atoms with Crippen LogP contribution < -0.4 is 0 Å². The highest BCUT2D eigenvalue weighted by Crippen LogP contribution is 2.51. The van der Waals surface area contributed by atoms with Crippen molar-refractivity contribution in [3.05, 3.63) is 15.9 Å². The average molecular weight is 311 g/mol. The summed E-state index contributed by atoms with van der Waals surface area (Å²) in [6.45, 7) is 4.44. The van der Waals surface area contributed by atoms with E-state index in [1.54, 1.807) is 0 Å². The van der Waals surface area contributed by atoms with Gasteiger partial charge in [-0.05, 0) is 41.1 Å². The van der Waals surface area contributed by atoms with Crippen molar-refractivity contribution in [3.63, 3.8) is 0 Å². The Hall–Kier alpha value is -0.640. The Labute approximate surface area is 116 Å². The number of carbonyl (C=O) groups is 1. The molecule has 1 fully saturated rings. The van der Waals surface area contributed by atoms with Crippen molar-refractivity contribution in [1.82, 2.24) is 9.78 Å². The molecule has 0 unspecified atom stereocenters. The largest absolute Gasteiger partial charge is 0.299 e. The molecule has 3 atom stereocenters. The Morgan fingerprint density at radius 2 is 2.17 bits per heavy atom. The second-order valence-corrected chi connectivity index (χ2v) is 6.81. The third-order valence-corrected chi connectivity index (χ3v) is 5.80. The highest BCUT2D eigenvalue weighted by molar-refractivity contribution is 9.10. The first kappa shape index (κ1) is 12.4. The van der Waals surface area contributed by atoms with Gasteiger partial charge in [-0.2, -0.15) is 5.10 Å². The molecule has 4 heteroatoms. The summed E-state index contributed by atoms with van der Waals surface area (Å²) in [7, 11) is 2.03. The van der Waals surface area contributed by atoms with Crippen LogP contribution >= 0.6 is 15.9 Å². The van der Waals surface area contributed by atoms with Crippen molar-refractivity contribution in [1.29, 1.82) is 0 Å². The van der Waals surface area contributed by atoms with Crippen LogP contribution in [0.4, 0.5) is 0 Å². The number of ketones is 1. The lowest BCUT2D eigenvalue weighted by Crippen LogP contribution is -2.47. The van der Waals surface area contributed by atoms with E-state index in [1.807, 2.05) is 11.7 Å². The molecule has 0 spiro atoms. The van der Waals surface area contributed by atoms with Gasteiger partial charge < -0.3 is 0 Å². The Morgan fingerprint density at radius 3 is 2.89 bits per heavy atom. The summed E-state index contributed by atoms with van der Waals surface area (Å²) in [4.78, 5) is 12.0. The Kier molecular flexibility index (Phi) is 2.70. The zero-order valence-electron chi connectivity index (χ0n) is 11.2. The van der Waals surface area contributed by atoms with Crippen LogP contribution in [0.25, 0.3) is 0 Å². The maximum atomic E-state index is 12.0. The number of hydrogen-bond donors (Lipinski definition) is 0. The smallest absolute Gasteiger partial charge is 0.136 e. The number of Topliss-reactive ketones (excluding diaryl/α,β-unsaturated/α-hetero) is 1. The first-order valence-electron chi connectivity index (χ1n) is 6.69. The topological polar surface area (TPSA) is 34.9 Å². The summed E-state index contributed by atoms with van der Waals surface area (Å²) in [6, 6.07) is 0. The second kappa shape index (κ2) is 3.92. The highest BCUT2D eigenvalue weighted by atomic mass is 79.9. The van der Waals surface area contributed by atoms with E-state index in [0.29, 0.717) is 11.7 Å². The van der Waals surface area contributed by atoms with Crippen molar-refractivity contribution >= 4 is 21.7 Å². The van der Waals surface area contributed by atoms with Gasteiger partial charge in [0.1, 0.15) is 10.4 Å². The maximum absolute atomic E-state index is 12.0. The molecule has 0 radical (unpaired) electrons. The lowest BCUT2D eigenvalue weighted by atomic mass is 9.56. The average Bonchev–Trinajstić information content (AvgIpc) is 2.61. The van der Waals surface area contributed by atoms with Crippen molar-refractivity contribution in [2.75, 3.05) is 0 Å². The van der Waals surface area contributed by atoms with Crippen molar-refractivity contribution in [3.8, 4) is 0 Å². The minimum absolute atomic E-state index is 0.120. The third-order valence-electron chi connectivity index (χ3n) is 5.16. The lowest BCUT2D eigenvalue weighted by Gasteiger charge is -2.47. The van der Waals surface area contributed by atoms with Gasteiger partial charge in [0.2, 0.25) is 0 Å². The number of aromatic nitrogens is 2. The molecule has 0 bridgehead atoms. The molecular weight excluding hydrogens is 292 g/mol. The summed E-state index contributed by atoms with van der Waals surface area (Å²) in [5.74, 6) is 1.13. The number of aryl methyl sites for hydroxylation is 1. The molecule has 1 aromatic rings. The number of hydrogen-bond acceptors (Lipinski definition) is 2. The predicted molar refractivity (Wildman–Crippen MR) is 73.5 cm³/mol. The fourth-order valence-electron chi connectivity index (χ4n) is 4.21. The van der Waals surface area contributed by atoms with Crippen LogP contribution in [0.5, 0.6) is 0 Å². The van der Waals surface area contributed by atoms with Crippen molar-refractivity contribution in [2.45, 2.75) is 44.9 Å². The van der Waals surface area contributed by atoms with E-state index in [2.05, 4.69) is 34.9 Å². The summed E-state index contributed by atoms with van der Waals surface area (Å²) < 4.78 is 3.01.